The number of unbranched alkanes of at least 4 members (excludes halogenated alkanes) is 2. The summed E-state index contributed by atoms with van der Waals surface area (Å²) in [6.07, 6.45) is 8.48. The second-order valence-electron chi connectivity index (χ2n) is 5.83. The maximum Gasteiger partial charge on any atom is 0.133 e. The SMILES string of the molecule is CCCCN(CCCC)c1nc2c(cc1CN)CCC2. The molecule has 2 rings (SSSR count). The molecule has 1 heterocycles. The number of hydrogen-bond acceptors (Lipinski definition) is 3. The van der Waals surface area contributed by atoms with Gasteiger partial charge in [0.15, 0.2) is 0 Å². The Hall–Kier alpha value is -1.09. The van der Waals surface area contributed by atoms with E-state index >= 15 is 0 Å². The fourth-order valence-corrected chi connectivity index (χ4v) is 2.95. The van der Waals surface area contributed by atoms with Crippen LogP contribution in [0.3, 0.4) is 0 Å². The Balaban J connectivity index is 2.25. The highest BCUT2D eigenvalue weighted by molar-refractivity contribution is 5.51. The van der Waals surface area contributed by atoms with Crippen LogP contribution in [0.2, 0.25) is 0 Å². The number of fused-ring (bicyclic) bond motifs is 1. The van der Waals surface area contributed by atoms with E-state index in [-0.39, 0.29) is 0 Å². The summed E-state index contributed by atoms with van der Waals surface area (Å²) in [5.74, 6) is 1.16. The number of anilines is 1. The molecule has 0 atom stereocenters. The van der Waals surface area contributed by atoms with Gasteiger partial charge in [0.25, 0.3) is 0 Å². The maximum absolute atomic E-state index is 5.97. The van der Waals surface area contributed by atoms with Crippen LogP contribution in [0.5, 0.6) is 0 Å². The number of pyridine rings is 1. The van der Waals surface area contributed by atoms with Crippen LogP contribution >= 0.6 is 0 Å². The average molecular weight is 275 g/mol. The number of hydrogen-bond donors (Lipinski definition) is 1. The Morgan fingerprint density at radius 3 is 2.45 bits per heavy atom. The largest absolute Gasteiger partial charge is 0.356 e. The van der Waals surface area contributed by atoms with E-state index in [4.69, 9.17) is 10.7 Å². The highest BCUT2D eigenvalue weighted by Gasteiger charge is 2.19. The summed E-state index contributed by atoms with van der Waals surface area (Å²) in [6, 6.07) is 2.32. The standard InChI is InChI=1S/C17H29N3/c1-3-5-10-20(11-6-4-2)17-15(13-18)12-14-8-7-9-16(14)19-17/h12H,3-11,13,18H2,1-2H3. The van der Waals surface area contributed by atoms with Gasteiger partial charge in [-0.05, 0) is 43.7 Å². The summed E-state index contributed by atoms with van der Waals surface area (Å²) in [6.45, 7) is 7.31. The van der Waals surface area contributed by atoms with Crippen LogP contribution in [-0.2, 0) is 19.4 Å². The Morgan fingerprint density at radius 1 is 1.15 bits per heavy atom. The summed E-state index contributed by atoms with van der Waals surface area (Å²) in [7, 11) is 0. The minimum Gasteiger partial charge on any atom is -0.356 e. The molecular weight excluding hydrogens is 246 g/mol. The lowest BCUT2D eigenvalue weighted by molar-refractivity contribution is 0.666. The zero-order valence-corrected chi connectivity index (χ0v) is 13.1. The van der Waals surface area contributed by atoms with Gasteiger partial charge in [-0.2, -0.15) is 0 Å². The molecule has 0 radical (unpaired) electrons. The summed E-state index contributed by atoms with van der Waals surface area (Å²) in [5.41, 5.74) is 9.95. The van der Waals surface area contributed by atoms with E-state index in [9.17, 15) is 0 Å². The third-order valence-electron chi connectivity index (χ3n) is 4.19. The van der Waals surface area contributed by atoms with Crippen molar-refractivity contribution in [1.82, 2.24) is 4.98 Å². The van der Waals surface area contributed by atoms with Crippen LogP contribution in [0.4, 0.5) is 5.82 Å². The van der Waals surface area contributed by atoms with E-state index in [1.807, 2.05) is 0 Å². The first-order valence-electron chi connectivity index (χ1n) is 8.26. The third-order valence-corrected chi connectivity index (χ3v) is 4.19. The molecule has 0 aliphatic heterocycles. The molecule has 0 unspecified atom stereocenters. The van der Waals surface area contributed by atoms with Gasteiger partial charge >= 0.3 is 0 Å². The number of aryl methyl sites for hydroxylation is 2. The van der Waals surface area contributed by atoms with Gasteiger partial charge in [0, 0.05) is 30.9 Å². The predicted octanol–water partition coefficient (Wildman–Crippen LogP) is 3.44. The molecule has 0 amide bonds. The lowest BCUT2D eigenvalue weighted by Crippen LogP contribution is -2.28. The molecule has 0 saturated carbocycles. The molecule has 0 saturated heterocycles. The van der Waals surface area contributed by atoms with Gasteiger partial charge in [0.05, 0.1) is 0 Å². The van der Waals surface area contributed by atoms with Crippen molar-refractivity contribution in [3.63, 3.8) is 0 Å². The van der Waals surface area contributed by atoms with Crippen molar-refractivity contribution < 1.29 is 0 Å². The molecule has 3 nitrogen and oxygen atoms in total. The summed E-state index contributed by atoms with van der Waals surface area (Å²) in [5, 5.41) is 0. The fourth-order valence-electron chi connectivity index (χ4n) is 2.95. The normalized spacial score (nSPS) is 13.6. The van der Waals surface area contributed by atoms with Crippen LogP contribution in [0.25, 0.3) is 0 Å². The monoisotopic (exact) mass is 275 g/mol. The highest BCUT2D eigenvalue weighted by Crippen LogP contribution is 2.27. The van der Waals surface area contributed by atoms with Crippen molar-refractivity contribution in [1.29, 1.82) is 0 Å². The van der Waals surface area contributed by atoms with E-state index < -0.39 is 0 Å². The number of aromatic nitrogens is 1. The molecule has 1 aliphatic carbocycles. The smallest absolute Gasteiger partial charge is 0.133 e. The van der Waals surface area contributed by atoms with Crippen molar-refractivity contribution in [2.45, 2.75) is 65.3 Å². The topological polar surface area (TPSA) is 42.2 Å². The van der Waals surface area contributed by atoms with E-state index in [0.29, 0.717) is 6.54 Å². The van der Waals surface area contributed by atoms with E-state index in [2.05, 4.69) is 24.8 Å². The van der Waals surface area contributed by atoms with Gasteiger partial charge in [-0.3, -0.25) is 0 Å². The first-order valence-corrected chi connectivity index (χ1v) is 8.26. The van der Waals surface area contributed by atoms with E-state index in [1.54, 1.807) is 0 Å². The average Bonchev–Trinajstić information content (AvgIpc) is 2.93. The third kappa shape index (κ3) is 3.51. The van der Waals surface area contributed by atoms with Crippen molar-refractivity contribution in [3.8, 4) is 0 Å². The van der Waals surface area contributed by atoms with Crippen LogP contribution < -0.4 is 10.6 Å². The van der Waals surface area contributed by atoms with Crippen molar-refractivity contribution in [2.75, 3.05) is 18.0 Å². The van der Waals surface area contributed by atoms with Gasteiger partial charge in [0.2, 0.25) is 0 Å². The van der Waals surface area contributed by atoms with Crippen LogP contribution in [0.1, 0.15) is 62.8 Å². The molecule has 0 spiro atoms. The predicted molar refractivity (Wildman–Crippen MR) is 86.2 cm³/mol. The molecule has 0 bridgehead atoms. The Bertz CT molecular complexity index is 420. The van der Waals surface area contributed by atoms with E-state index in [1.165, 1.54) is 55.3 Å². The number of nitrogens with two attached hydrogens (primary N) is 1. The second-order valence-corrected chi connectivity index (χ2v) is 5.83. The van der Waals surface area contributed by atoms with Crippen molar-refractivity contribution in [2.24, 2.45) is 5.73 Å². The minimum absolute atomic E-state index is 0.602. The Labute approximate surface area is 123 Å². The zero-order valence-electron chi connectivity index (χ0n) is 13.1. The van der Waals surface area contributed by atoms with Crippen LogP contribution in [-0.4, -0.2) is 18.1 Å². The Morgan fingerprint density at radius 2 is 1.85 bits per heavy atom. The van der Waals surface area contributed by atoms with Gasteiger partial charge in [-0.1, -0.05) is 26.7 Å². The minimum atomic E-state index is 0.602. The van der Waals surface area contributed by atoms with Gasteiger partial charge in [-0.15, -0.1) is 0 Å². The highest BCUT2D eigenvalue weighted by atomic mass is 15.2. The molecule has 1 aromatic rings. The fraction of sp³-hybridized carbons (Fsp3) is 0.706. The summed E-state index contributed by atoms with van der Waals surface area (Å²) < 4.78 is 0. The molecule has 0 fully saturated rings. The number of rotatable bonds is 8. The number of nitrogens with zero attached hydrogens (tertiary/aromatic N) is 2. The van der Waals surface area contributed by atoms with Gasteiger partial charge in [0.1, 0.15) is 5.82 Å². The lowest BCUT2D eigenvalue weighted by Gasteiger charge is -2.26. The first-order chi connectivity index (χ1) is 9.80. The summed E-state index contributed by atoms with van der Waals surface area (Å²) in [4.78, 5) is 7.44. The van der Waals surface area contributed by atoms with Crippen molar-refractivity contribution >= 4 is 5.82 Å². The quantitative estimate of drug-likeness (QED) is 0.790. The molecule has 3 heteroatoms. The first kappa shape index (κ1) is 15.3. The van der Waals surface area contributed by atoms with Crippen LogP contribution in [0.15, 0.2) is 6.07 Å². The maximum atomic E-state index is 5.97. The molecule has 0 aromatic carbocycles. The van der Waals surface area contributed by atoms with Gasteiger partial charge < -0.3 is 10.6 Å². The molecule has 1 aliphatic rings. The summed E-state index contributed by atoms with van der Waals surface area (Å²) >= 11 is 0. The van der Waals surface area contributed by atoms with E-state index in [0.717, 1.165) is 25.3 Å². The van der Waals surface area contributed by atoms with Gasteiger partial charge in [-0.25, -0.2) is 4.98 Å². The van der Waals surface area contributed by atoms with Crippen molar-refractivity contribution in [3.05, 3.63) is 22.9 Å². The molecular formula is C17H29N3. The second kappa shape index (κ2) is 7.63. The lowest BCUT2D eigenvalue weighted by atomic mass is 10.1. The Kier molecular flexibility index (Phi) is 5.84. The molecule has 20 heavy (non-hydrogen) atoms. The zero-order chi connectivity index (χ0) is 14.4. The molecule has 1 aromatic heterocycles. The van der Waals surface area contributed by atoms with Crippen LogP contribution in [0, 0.1) is 0 Å². The molecule has 2 N–H and O–H groups in total. The molecule has 112 valence electrons.